The second kappa shape index (κ2) is 30.6. The van der Waals surface area contributed by atoms with Crippen LogP contribution in [0.15, 0.2) is 179 Å². The molecule has 96 heavy (non-hydrogen) atoms. The van der Waals surface area contributed by atoms with E-state index < -0.39 is 23.9 Å². The number of hydrogen-bond acceptors (Lipinski definition) is 8. The third-order valence-corrected chi connectivity index (χ3v) is 18.0. The van der Waals surface area contributed by atoms with E-state index in [0.29, 0.717) is 11.1 Å². The number of aromatic nitrogens is 2. The van der Waals surface area contributed by atoms with Gasteiger partial charge in [0.05, 0.1) is 30.4 Å². The van der Waals surface area contributed by atoms with Crippen LogP contribution < -0.4 is 24.6 Å². The van der Waals surface area contributed by atoms with Crippen molar-refractivity contribution in [3.05, 3.63) is 220 Å². The maximum absolute atomic E-state index is 12.3. The zero-order chi connectivity index (χ0) is 66.3. The number of carboxylic acids is 2. The summed E-state index contributed by atoms with van der Waals surface area (Å²) in [5.41, 5.74) is 15.6. The number of fused-ring (bicyclic) bond motifs is 10. The number of ether oxygens (including phenoxy) is 2. The van der Waals surface area contributed by atoms with Gasteiger partial charge in [-0.05, 0) is 168 Å². The van der Waals surface area contributed by atoms with Gasteiger partial charge in [0.2, 0.25) is 10.7 Å². The molecule has 0 saturated carbocycles. The quantitative estimate of drug-likeness (QED) is 0.0682. The van der Waals surface area contributed by atoms with Gasteiger partial charge >= 0.3 is 23.9 Å². The van der Waals surface area contributed by atoms with Crippen LogP contribution in [0.3, 0.4) is 0 Å². The van der Waals surface area contributed by atoms with E-state index in [1.54, 1.807) is 31.4 Å². The normalized spacial score (nSPS) is 12.4. The number of para-hydroxylation sites is 2. The Morgan fingerprint density at radius 2 is 0.958 bits per heavy atom. The molecule has 0 atom stereocenters. The summed E-state index contributed by atoms with van der Waals surface area (Å²) in [6.07, 6.45) is 6.74. The largest absolute Gasteiger partial charge is 0.497 e. The van der Waals surface area contributed by atoms with Crippen molar-refractivity contribution in [3.63, 3.8) is 0 Å². The van der Waals surface area contributed by atoms with Gasteiger partial charge in [-0.25, -0.2) is 18.7 Å². The molecule has 494 valence electrons. The SMILES string of the molecule is C.C.CC(=O)OC(C)=O.CC[N+](CC)=c1ccc2c(-c3ccccc3C(=O)O)c3c(oc-2c1)CCC3.CCn1c2ccccc2c2cc(/C=C3\CCc4c3oc3cc(=[N+](CC)CC)ccc-3c4-c3ccccc3C(=O)O)ccc21.CCn1c2ccccc2c2cc(OC)ccc21. The number of carbonyl (C=O) groups is 4. The summed E-state index contributed by atoms with van der Waals surface area (Å²) in [6.45, 7) is 20.9. The van der Waals surface area contributed by atoms with E-state index in [9.17, 15) is 29.4 Å². The van der Waals surface area contributed by atoms with Gasteiger partial charge in [-0.2, -0.15) is 0 Å². The third-order valence-electron chi connectivity index (χ3n) is 18.0. The number of aromatic carboxylic acids is 2. The lowest BCUT2D eigenvalue weighted by molar-refractivity contribution is -0.156. The smallest absolute Gasteiger partial charge is 0.336 e. The Morgan fingerprint density at radius 3 is 1.45 bits per heavy atom. The first-order valence-electron chi connectivity index (χ1n) is 32.6. The standard InChI is InChI=1S/C38H34N2O3.C23H23NO3.C15H15NO.C4H6O3.2CH4/c1-4-39(5-2)26-17-19-30-35(23-26)43-37-25(16-18-31(37)36(30)28-12-7-8-13-29(28)38(41)42)21-24-15-20-34-32(22-24)27-11-9-10-14-33(27)40(34)6-3;1-3-24(4-2)15-12-13-19-21(14-15)27-20-11-7-10-18(20)22(19)16-8-5-6-9-17(16)23(25)26;1-3-16-14-7-5-4-6-12(14)13-10-11(17-2)8-9-15(13)16;1-3(5)7-4(2)6;;/h7-15,17,19-23H,4-6,16,18H2,1-3H3;5-6,8-9,12-14H,3-4,7,10-11H2,1-2H3;4-10H,3H2,1-2H3;1-2H3;2*1H4/p+2. The number of aryl methyl sites for hydroxylation is 3. The highest BCUT2D eigenvalue weighted by Gasteiger charge is 2.31. The molecule has 14 heteroatoms. The van der Waals surface area contributed by atoms with Gasteiger partial charge < -0.3 is 37.7 Å². The number of benzene rings is 8. The van der Waals surface area contributed by atoms with E-state index in [4.69, 9.17) is 13.6 Å². The maximum atomic E-state index is 12.3. The second-order valence-electron chi connectivity index (χ2n) is 23.4. The molecule has 0 spiro atoms. The molecule has 4 aliphatic carbocycles. The molecule has 0 bridgehead atoms. The van der Waals surface area contributed by atoms with Crippen molar-refractivity contribution in [1.29, 1.82) is 0 Å². The highest BCUT2D eigenvalue weighted by molar-refractivity contribution is 6.10. The number of methoxy groups -OCH3 is 1. The van der Waals surface area contributed by atoms with Gasteiger partial charge in [-0.1, -0.05) is 93.7 Å². The average Bonchev–Trinajstić information content (AvgIpc) is 1.56. The van der Waals surface area contributed by atoms with Gasteiger partial charge in [-0.15, -0.1) is 0 Å². The molecule has 14 nitrogen and oxygen atoms in total. The molecule has 2 aliphatic heterocycles. The van der Waals surface area contributed by atoms with Crippen LogP contribution in [0.4, 0.5) is 0 Å². The summed E-state index contributed by atoms with van der Waals surface area (Å²) >= 11 is 0. The molecule has 8 aromatic rings. The van der Waals surface area contributed by atoms with Crippen LogP contribution in [-0.2, 0) is 46.7 Å². The van der Waals surface area contributed by atoms with Gasteiger partial charge in [0.25, 0.3) is 0 Å². The maximum Gasteiger partial charge on any atom is 0.336 e. The molecule has 6 aliphatic rings. The van der Waals surface area contributed by atoms with E-state index in [1.807, 2.05) is 30.3 Å². The van der Waals surface area contributed by atoms with Crippen LogP contribution in [0.25, 0.3) is 100 Å². The third kappa shape index (κ3) is 13.8. The number of carbonyl (C=O) groups excluding carboxylic acids is 2. The van der Waals surface area contributed by atoms with Gasteiger partial charge in [0.15, 0.2) is 0 Å². The molecule has 0 fully saturated rings. The van der Waals surface area contributed by atoms with Crippen molar-refractivity contribution < 1.29 is 47.7 Å². The van der Waals surface area contributed by atoms with Crippen molar-refractivity contribution in [2.75, 3.05) is 33.3 Å². The van der Waals surface area contributed by atoms with Gasteiger partial charge in [0.1, 0.15) is 55.0 Å². The number of esters is 2. The van der Waals surface area contributed by atoms with Crippen LogP contribution in [-0.4, -0.2) is 76.5 Å². The van der Waals surface area contributed by atoms with Crippen LogP contribution >= 0.6 is 0 Å². The molecule has 0 amide bonds. The lowest BCUT2D eigenvalue weighted by Gasteiger charge is -2.18. The minimum absolute atomic E-state index is 0. The number of carboxylic acid groups (broad SMARTS) is 2. The van der Waals surface area contributed by atoms with Gasteiger partial charge in [-0.3, -0.25) is 9.59 Å². The molecule has 0 unspecified atom stereocenters. The van der Waals surface area contributed by atoms with Crippen LogP contribution in [0.1, 0.15) is 132 Å². The molecular weight excluding hydrogens is 1200 g/mol. The Balaban J connectivity index is 0.000000173. The van der Waals surface area contributed by atoms with E-state index in [-0.39, 0.29) is 14.9 Å². The zero-order valence-corrected chi connectivity index (χ0v) is 55.0. The molecule has 14 rings (SSSR count). The van der Waals surface area contributed by atoms with E-state index >= 15 is 0 Å². The van der Waals surface area contributed by atoms with Crippen molar-refractivity contribution >= 4 is 79.1 Å². The summed E-state index contributed by atoms with van der Waals surface area (Å²) in [7, 11) is 1.71. The highest BCUT2D eigenvalue weighted by Crippen LogP contribution is 2.48. The van der Waals surface area contributed by atoms with E-state index in [0.717, 1.165) is 167 Å². The Bertz CT molecular complexity index is 4990. The van der Waals surface area contributed by atoms with Crippen LogP contribution in [0.5, 0.6) is 5.75 Å². The summed E-state index contributed by atoms with van der Waals surface area (Å²) in [5, 5.41) is 27.1. The monoisotopic (exact) mass is 1290 g/mol. The fourth-order valence-corrected chi connectivity index (χ4v) is 13.8. The lowest BCUT2D eigenvalue weighted by atomic mass is 9.89. The molecule has 0 saturated heterocycles. The first-order valence-corrected chi connectivity index (χ1v) is 32.6. The highest BCUT2D eigenvalue weighted by atomic mass is 16.6. The van der Waals surface area contributed by atoms with E-state index in [1.165, 1.54) is 57.5 Å². The Morgan fingerprint density at radius 1 is 0.490 bits per heavy atom. The van der Waals surface area contributed by atoms with Crippen LogP contribution in [0, 0.1) is 0 Å². The summed E-state index contributed by atoms with van der Waals surface area (Å²) in [4.78, 5) is 43.8. The van der Waals surface area contributed by atoms with Crippen molar-refractivity contribution in [3.8, 4) is 50.7 Å². The Hall–Kier alpha value is -10.6. The minimum atomic E-state index is -0.925. The topological polar surface area (TPSA) is 169 Å². The molecule has 0 radical (unpaired) electrons. The number of nitrogens with zero attached hydrogens (tertiary/aromatic N) is 4. The molecule has 6 aromatic carbocycles. The Labute approximate surface area is 561 Å². The predicted octanol–water partition coefficient (Wildman–Crippen LogP) is 17.4. The van der Waals surface area contributed by atoms with Crippen molar-refractivity contribution in [1.82, 2.24) is 18.3 Å². The van der Waals surface area contributed by atoms with Crippen molar-refractivity contribution in [2.45, 2.75) is 115 Å². The molecular formula is C82H88N4O10+2. The summed E-state index contributed by atoms with van der Waals surface area (Å²) in [6, 6.07) is 57.3. The predicted molar refractivity (Wildman–Crippen MR) is 389 cm³/mol. The fourth-order valence-electron chi connectivity index (χ4n) is 13.8. The zero-order valence-electron chi connectivity index (χ0n) is 55.0. The molecule has 2 N–H and O–H groups in total. The van der Waals surface area contributed by atoms with Crippen LogP contribution in [0.2, 0.25) is 0 Å². The first-order chi connectivity index (χ1) is 45.6. The van der Waals surface area contributed by atoms with E-state index in [2.05, 4.69) is 186 Å². The van der Waals surface area contributed by atoms with Gasteiger partial charge in [0, 0.05) is 117 Å². The Kier molecular flexibility index (Phi) is 22.3. The molecule has 2 aromatic heterocycles. The second-order valence-corrected chi connectivity index (χ2v) is 23.4. The average molecular weight is 1290 g/mol. The number of rotatable bonds is 12. The summed E-state index contributed by atoms with van der Waals surface area (Å²) < 4.78 is 31.6. The fraction of sp³-hybridized carbons (Fsp3) is 0.268. The van der Waals surface area contributed by atoms with Crippen molar-refractivity contribution in [2.24, 2.45) is 0 Å². The number of allylic oxidation sites excluding steroid dienone is 1. The lowest BCUT2D eigenvalue weighted by Crippen LogP contribution is -2.29. The first kappa shape index (κ1) is 69.7. The molecule has 4 heterocycles. The number of hydrogen-bond donors (Lipinski definition) is 2. The minimum Gasteiger partial charge on any atom is -0.497 e. The summed E-state index contributed by atoms with van der Waals surface area (Å²) in [5.74, 6) is 1.42.